The molecule has 0 radical (unpaired) electrons. The lowest BCUT2D eigenvalue weighted by atomic mass is 9.78. The van der Waals surface area contributed by atoms with E-state index in [1.54, 1.807) is 12.1 Å². The van der Waals surface area contributed by atoms with Crippen LogP contribution in [0.15, 0.2) is 48.5 Å². The average molecular weight is 392 g/mol. The van der Waals surface area contributed by atoms with Gasteiger partial charge in [0.2, 0.25) is 0 Å². The molecule has 1 amide bonds. The molecule has 28 heavy (non-hydrogen) atoms. The summed E-state index contributed by atoms with van der Waals surface area (Å²) in [6.45, 7) is 0. The van der Waals surface area contributed by atoms with E-state index in [0.29, 0.717) is 33.8 Å². The van der Waals surface area contributed by atoms with Crippen LogP contribution in [0.3, 0.4) is 0 Å². The van der Waals surface area contributed by atoms with Crippen molar-refractivity contribution in [2.45, 2.75) is 25.2 Å². The number of hydrogen-bond donors (Lipinski definition) is 3. The number of aromatic nitrogens is 4. The first-order valence-electron chi connectivity index (χ1n) is 9.29. The molecule has 3 N–H and O–H groups in total. The van der Waals surface area contributed by atoms with Gasteiger partial charge in [-0.25, -0.2) is 4.98 Å². The maximum absolute atomic E-state index is 12.9. The van der Waals surface area contributed by atoms with Crippen LogP contribution >= 0.6 is 11.6 Å². The van der Waals surface area contributed by atoms with E-state index >= 15 is 0 Å². The number of anilines is 1. The Kier molecular flexibility index (Phi) is 4.13. The number of H-pyrrole nitrogens is 2. The Morgan fingerprint density at radius 3 is 2.79 bits per heavy atom. The highest BCUT2D eigenvalue weighted by Crippen LogP contribution is 2.38. The maximum Gasteiger partial charge on any atom is 0.257 e. The number of para-hydroxylation sites is 2. The summed E-state index contributed by atoms with van der Waals surface area (Å²) in [7, 11) is 0. The van der Waals surface area contributed by atoms with Crippen LogP contribution < -0.4 is 5.32 Å². The molecule has 0 spiro atoms. The van der Waals surface area contributed by atoms with Gasteiger partial charge in [0.1, 0.15) is 5.69 Å². The molecule has 0 aliphatic heterocycles. The van der Waals surface area contributed by atoms with Gasteiger partial charge in [-0.1, -0.05) is 36.2 Å². The van der Waals surface area contributed by atoms with Crippen LogP contribution in [0.1, 0.15) is 41.1 Å². The highest BCUT2D eigenvalue weighted by atomic mass is 35.5. The van der Waals surface area contributed by atoms with Crippen LogP contribution in [0.25, 0.3) is 22.6 Å². The fourth-order valence-electron chi connectivity index (χ4n) is 3.57. The van der Waals surface area contributed by atoms with Gasteiger partial charge in [0.15, 0.2) is 11.6 Å². The number of carbonyl (C=O) groups is 1. The topological polar surface area (TPSA) is 86.5 Å². The Morgan fingerprint density at radius 1 is 1.14 bits per heavy atom. The molecule has 1 aliphatic rings. The van der Waals surface area contributed by atoms with E-state index in [9.17, 15) is 4.79 Å². The van der Waals surface area contributed by atoms with Crippen LogP contribution in [0.5, 0.6) is 0 Å². The molecule has 140 valence electrons. The van der Waals surface area contributed by atoms with Crippen molar-refractivity contribution in [1.29, 1.82) is 0 Å². The number of fused-ring (bicyclic) bond motifs is 1. The Hall–Kier alpha value is -3.12. The van der Waals surface area contributed by atoms with Gasteiger partial charge in [-0.2, -0.15) is 5.10 Å². The van der Waals surface area contributed by atoms with Crippen molar-refractivity contribution in [1.82, 2.24) is 20.2 Å². The van der Waals surface area contributed by atoms with Crippen LogP contribution in [0.4, 0.5) is 5.82 Å². The molecule has 1 fully saturated rings. The molecule has 2 aromatic heterocycles. The maximum atomic E-state index is 12.9. The highest BCUT2D eigenvalue weighted by molar-refractivity contribution is 6.31. The van der Waals surface area contributed by atoms with Crippen molar-refractivity contribution in [3.05, 3.63) is 64.7 Å². The molecule has 1 saturated carbocycles. The van der Waals surface area contributed by atoms with Gasteiger partial charge >= 0.3 is 0 Å². The molecule has 4 aromatic rings. The molecule has 1 aliphatic carbocycles. The first-order chi connectivity index (χ1) is 13.7. The van der Waals surface area contributed by atoms with Gasteiger partial charge in [-0.3, -0.25) is 9.89 Å². The predicted molar refractivity (Wildman–Crippen MR) is 110 cm³/mol. The number of halogens is 1. The summed E-state index contributed by atoms with van der Waals surface area (Å²) < 4.78 is 0. The van der Waals surface area contributed by atoms with Crippen molar-refractivity contribution < 1.29 is 4.79 Å². The summed E-state index contributed by atoms with van der Waals surface area (Å²) in [5.74, 6) is 1.35. The third kappa shape index (κ3) is 3.05. The molecule has 0 atom stereocenters. The Bertz CT molecular complexity index is 1140. The Morgan fingerprint density at radius 2 is 2.00 bits per heavy atom. The lowest BCUT2D eigenvalue weighted by molar-refractivity contribution is 0.102. The first kappa shape index (κ1) is 17.0. The smallest absolute Gasteiger partial charge is 0.257 e. The van der Waals surface area contributed by atoms with E-state index < -0.39 is 0 Å². The third-order valence-corrected chi connectivity index (χ3v) is 5.50. The molecule has 7 heteroatoms. The SMILES string of the molecule is O=C(Nc1cc(-c2nc3ccccc3[nH]2)[nH]n1)c1cc(Cl)ccc1C1CCC1. The summed E-state index contributed by atoms with van der Waals surface area (Å²) in [5.41, 5.74) is 4.20. The number of hydrogen-bond acceptors (Lipinski definition) is 3. The monoisotopic (exact) mass is 391 g/mol. The zero-order valence-corrected chi connectivity index (χ0v) is 15.8. The average Bonchev–Trinajstić information content (AvgIpc) is 3.28. The lowest BCUT2D eigenvalue weighted by Crippen LogP contribution is -2.18. The van der Waals surface area contributed by atoms with Crippen LogP contribution in [0.2, 0.25) is 5.02 Å². The van der Waals surface area contributed by atoms with Gasteiger partial charge in [0.25, 0.3) is 5.91 Å². The van der Waals surface area contributed by atoms with Crippen molar-refractivity contribution in [2.75, 3.05) is 5.32 Å². The van der Waals surface area contributed by atoms with Gasteiger partial charge in [-0.05, 0) is 48.6 Å². The van der Waals surface area contributed by atoms with Gasteiger partial charge in [-0.15, -0.1) is 0 Å². The lowest BCUT2D eigenvalue weighted by Gasteiger charge is -2.27. The number of imidazole rings is 1. The van der Waals surface area contributed by atoms with Gasteiger partial charge < -0.3 is 10.3 Å². The number of amides is 1. The molecule has 0 unspecified atom stereocenters. The standard InChI is InChI=1S/C21H18ClN5O/c22-13-8-9-14(12-4-3-5-12)15(10-13)21(28)25-19-11-18(26-27-19)20-23-16-6-1-2-7-17(16)24-20/h1-2,6-12H,3-5H2,(H,23,24)(H2,25,26,27,28). The summed E-state index contributed by atoms with van der Waals surface area (Å²) in [6, 6.07) is 15.1. The van der Waals surface area contributed by atoms with E-state index in [0.717, 1.165) is 29.4 Å². The zero-order chi connectivity index (χ0) is 19.1. The number of rotatable bonds is 4. The molecule has 5 rings (SSSR count). The largest absolute Gasteiger partial charge is 0.337 e. The molecule has 2 aromatic carbocycles. The second kappa shape index (κ2) is 6.80. The molecular weight excluding hydrogens is 374 g/mol. The molecular formula is C21H18ClN5O. The summed E-state index contributed by atoms with van der Waals surface area (Å²) in [6.07, 6.45) is 3.43. The van der Waals surface area contributed by atoms with E-state index in [2.05, 4.69) is 25.5 Å². The molecule has 0 saturated heterocycles. The van der Waals surface area contributed by atoms with E-state index in [1.165, 1.54) is 6.42 Å². The van der Waals surface area contributed by atoms with E-state index in [-0.39, 0.29) is 5.91 Å². The minimum atomic E-state index is -0.202. The highest BCUT2D eigenvalue weighted by Gasteiger charge is 2.25. The van der Waals surface area contributed by atoms with Crippen LogP contribution in [0, 0.1) is 0 Å². The van der Waals surface area contributed by atoms with Crippen LogP contribution in [-0.4, -0.2) is 26.1 Å². The second-order valence-electron chi connectivity index (χ2n) is 7.08. The van der Waals surface area contributed by atoms with Crippen LogP contribution in [-0.2, 0) is 0 Å². The molecule has 2 heterocycles. The number of nitrogens with zero attached hydrogens (tertiary/aromatic N) is 2. The number of benzene rings is 2. The summed E-state index contributed by atoms with van der Waals surface area (Å²) in [4.78, 5) is 20.7. The zero-order valence-electron chi connectivity index (χ0n) is 15.0. The minimum Gasteiger partial charge on any atom is -0.337 e. The Balaban J connectivity index is 1.40. The third-order valence-electron chi connectivity index (χ3n) is 5.27. The molecule has 0 bridgehead atoms. The number of carbonyl (C=O) groups excluding carboxylic acids is 1. The van der Waals surface area contributed by atoms with E-state index in [1.807, 2.05) is 36.4 Å². The second-order valence-corrected chi connectivity index (χ2v) is 7.52. The Labute approximate surface area is 166 Å². The predicted octanol–water partition coefficient (Wildman–Crippen LogP) is 5.13. The summed E-state index contributed by atoms with van der Waals surface area (Å²) >= 11 is 6.14. The van der Waals surface area contributed by atoms with Crippen molar-refractivity contribution in [2.24, 2.45) is 0 Å². The molecule has 6 nitrogen and oxygen atoms in total. The van der Waals surface area contributed by atoms with Gasteiger partial charge in [0.05, 0.1) is 11.0 Å². The number of nitrogens with one attached hydrogen (secondary N) is 3. The van der Waals surface area contributed by atoms with E-state index in [4.69, 9.17) is 11.6 Å². The quantitative estimate of drug-likeness (QED) is 0.451. The number of aromatic amines is 2. The fraction of sp³-hybridized carbons (Fsp3) is 0.190. The van der Waals surface area contributed by atoms with Crippen molar-refractivity contribution in [3.8, 4) is 11.5 Å². The van der Waals surface area contributed by atoms with Crippen molar-refractivity contribution >= 4 is 34.4 Å². The first-order valence-corrected chi connectivity index (χ1v) is 9.66. The minimum absolute atomic E-state index is 0.202. The van der Waals surface area contributed by atoms with Gasteiger partial charge in [0, 0.05) is 16.7 Å². The van der Waals surface area contributed by atoms with Crippen molar-refractivity contribution in [3.63, 3.8) is 0 Å². The summed E-state index contributed by atoms with van der Waals surface area (Å²) in [5, 5.41) is 10.6. The normalized spacial score (nSPS) is 14.2. The fourth-order valence-corrected chi connectivity index (χ4v) is 3.74.